The second-order valence-corrected chi connectivity index (χ2v) is 8.02. The van der Waals surface area contributed by atoms with E-state index in [0.29, 0.717) is 39.7 Å². The first-order valence-corrected chi connectivity index (χ1v) is 11.0. The second-order valence-electron chi connectivity index (χ2n) is 6.77. The van der Waals surface area contributed by atoms with Crippen LogP contribution >= 0.6 is 34.8 Å². The lowest BCUT2D eigenvalue weighted by molar-refractivity contribution is 0.269. The zero-order valence-corrected chi connectivity index (χ0v) is 19.2. The predicted molar refractivity (Wildman–Crippen MR) is 127 cm³/mol. The molecule has 0 saturated heterocycles. The van der Waals surface area contributed by atoms with Crippen LogP contribution in [0.1, 0.15) is 30.5 Å². The van der Waals surface area contributed by atoms with Crippen molar-refractivity contribution in [3.8, 4) is 11.5 Å². The van der Waals surface area contributed by atoms with Gasteiger partial charge in [0.2, 0.25) is 0 Å². The quantitative estimate of drug-likeness (QED) is 0.350. The maximum Gasteiger partial charge on any atom is 0.180 e. The fourth-order valence-corrected chi connectivity index (χ4v) is 3.73. The number of benzene rings is 3. The van der Waals surface area contributed by atoms with E-state index in [9.17, 15) is 0 Å². The molecule has 0 bridgehead atoms. The van der Waals surface area contributed by atoms with Crippen molar-refractivity contribution in [1.82, 2.24) is 0 Å². The highest BCUT2D eigenvalue weighted by Gasteiger charge is 2.14. The molecule has 0 aliphatic rings. The second kappa shape index (κ2) is 10.8. The molecular formula is C24H24Cl3NO2. The fraction of sp³-hybridized carbons (Fsp3) is 0.250. The summed E-state index contributed by atoms with van der Waals surface area (Å²) in [6.45, 7) is 5.45. The largest absolute Gasteiger partial charge is 0.490 e. The summed E-state index contributed by atoms with van der Waals surface area (Å²) in [4.78, 5) is 0. The van der Waals surface area contributed by atoms with Crippen molar-refractivity contribution in [2.45, 2.75) is 33.4 Å². The van der Waals surface area contributed by atoms with Gasteiger partial charge in [-0.05, 0) is 60.9 Å². The van der Waals surface area contributed by atoms with Crippen LogP contribution in [0.4, 0.5) is 5.69 Å². The summed E-state index contributed by atoms with van der Waals surface area (Å²) in [5, 5.41) is 5.03. The van der Waals surface area contributed by atoms with Crippen LogP contribution in [0.3, 0.4) is 0 Å². The molecule has 0 atom stereocenters. The molecule has 0 aliphatic carbocycles. The average Bonchev–Trinajstić information content (AvgIpc) is 2.73. The third-order valence-corrected chi connectivity index (χ3v) is 5.48. The van der Waals surface area contributed by atoms with E-state index in [-0.39, 0.29) is 6.61 Å². The molecule has 1 N–H and O–H groups in total. The van der Waals surface area contributed by atoms with Crippen LogP contribution in [0.2, 0.25) is 15.1 Å². The van der Waals surface area contributed by atoms with Crippen molar-refractivity contribution >= 4 is 40.5 Å². The van der Waals surface area contributed by atoms with Crippen LogP contribution in [0, 0.1) is 0 Å². The molecule has 158 valence electrons. The van der Waals surface area contributed by atoms with Gasteiger partial charge in [0.25, 0.3) is 0 Å². The Labute approximate surface area is 192 Å². The number of ether oxygens (including phenoxy) is 2. The number of hydrogen-bond acceptors (Lipinski definition) is 3. The Kier molecular flexibility index (Phi) is 8.15. The fourth-order valence-electron chi connectivity index (χ4n) is 2.98. The molecule has 3 rings (SSSR count). The summed E-state index contributed by atoms with van der Waals surface area (Å²) < 4.78 is 11.8. The van der Waals surface area contributed by atoms with Gasteiger partial charge in [-0.1, -0.05) is 59.9 Å². The van der Waals surface area contributed by atoms with Crippen molar-refractivity contribution in [2.75, 3.05) is 11.9 Å². The van der Waals surface area contributed by atoms with Gasteiger partial charge in [0.15, 0.2) is 11.5 Å². The number of nitrogens with one attached hydrogen (secondary N) is 1. The number of rotatable bonds is 9. The van der Waals surface area contributed by atoms with Gasteiger partial charge in [0, 0.05) is 27.8 Å². The summed E-state index contributed by atoms with van der Waals surface area (Å²) >= 11 is 18.7. The first-order chi connectivity index (χ1) is 14.5. The number of aryl methyl sites for hydroxylation is 1. The molecule has 0 aliphatic heterocycles. The standard InChI is InChI=1S/C24H24Cl3NO2/c1-3-16-5-9-20(10-6-16)28-14-17-11-22(27)24(23(12-17)29-4-2)30-15-18-7-8-19(25)13-21(18)26/h5-13,28H,3-4,14-15H2,1-2H3. The maximum atomic E-state index is 6.54. The first kappa shape index (κ1) is 22.6. The van der Waals surface area contributed by atoms with Gasteiger partial charge < -0.3 is 14.8 Å². The van der Waals surface area contributed by atoms with E-state index < -0.39 is 0 Å². The van der Waals surface area contributed by atoms with Gasteiger partial charge in [-0.25, -0.2) is 0 Å². The van der Waals surface area contributed by atoms with Gasteiger partial charge >= 0.3 is 0 Å². The summed E-state index contributed by atoms with van der Waals surface area (Å²) in [7, 11) is 0. The Hall–Kier alpha value is -2.07. The summed E-state index contributed by atoms with van der Waals surface area (Å²) in [5.74, 6) is 1.11. The molecule has 30 heavy (non-hydrogen) atoms. The zero-order chi connectivity index (χ0) is 21.5. The number of anilines is 1. The average molecular weight is 465 g/mol. The molecular weight excluding hydrogens is 441 g/mol. The Morgan fingerprint density at radius 1 is 0.800 bits per heavy atom. The third-order valence-electron chi connectivity index (χ3n) is 4.62. The van der Waals surface area contributed by atoms with E-state index in [1.54, 1.807) is 12.1 Å². The van der Waals surface area contributed by atoms with E-state index in [2.05, 4.69) is 36.5 Å². The van der Waals surface area contributed by atoms with E-state index in [0.717, 1.165) is 23.2 Å². The van der Waals surface area contributed by atoms with Crippen LogP contribution in [-0.4, -0.2) is 6.61 Å². The maximum absolute atomic E-state index is 6.54. The Bertz CT molecular complexity index is 990. The van der Waals surface area contributed by atoms with Crippen molar-refractivity contribution in [3.05, 3.63) is 86.4 Å². The highest BCUT2D eigenvalue weighted by molar-refractivity contribution is 6.35. The Morgan fingerprint density at radius 2 is 1.57 bits per heavy atom. The Balaban J connectivity index is 1.73. The van der Waals surface area contributed by atoms with Crippen molar-refractivity contribution < 1.29 is 9.47 Å². The van der Waals surface area contributed by atoms with Gasteiger partial charge in [-0.2, -0.15) is 0 Å². The zero-order valence-electron chi connectivity index (χ0n) is 17.0. The number of hydrogen-bond donors (Lipinski definition) is 1. The molecule has 0 spiro atoms. The van der Waals surface area contributed by atoms with Crippen LogP contribution in [0.15, 0.2) is 54.6 Å². The van der Waals surface area contributed by atoms with Crippen LogP contribution in [0.5, 0.6) is 11.5 Å². The van der Waals surface area contributed by atoms with Gasteiger partial charge in [-0.3, -0.25) is 0 Å². The van der Waals surface area contributed by atoms with E-state index in [1.807, 2.05) is 25.1 Å². The smallest absolute Gasteiger partial charge is 0.180 e. The topological polar surface area (TPSA) is 30.5 Å². The first-order valence-electron chi connectivity index (χ1n) is 9.85. The predicted octanol–water partition coefficient (Wildman–Crippen LogP) is 7.80. The molecule has 0 radical (unpaired) electrons. The summed E-state index contributed by atoms with van der Waals surface area (Å²) in [6.07, 6.45) is 1.02. The molecule has 0 unspecified atom stereocenters. The number of halogens is 3. The molecule has 3 aromatic rings. The van der Waals surface area contributed by atoms with Crippen molar-refractivity contribution in [1.29, 1.82) is 0 Å². The molecule has 3 nitrogen and oxygen atoms in total. The normalized spacial score (nSPS) is 10.7. The van der Waals surface area contributed by atoms with Crippen LogP contribution < -0.4 is 14.8 Å². The lowest BCUT2D eigenvalue weighted by Crippen LogP contribution is -2.04. The molecule has 6 heteroatoms. The minimum absolute atomic E-state index is 0.261. The molecule has 0 heterocycles. The molecule has 0 amide bonds. The lowest BCUT2D eigenvalue weighted by Gasteiger charge is -2.16. The SMILES string of the molecule is CCOc1cc(CNc2ccc(CC)cc2)cc(Cl)c1OCc1ccc(Cl)cc1Cl. The molecule has 3 aromatic carbocycles. The third kappa shape index (κ3) is 5.98. The van der Waals surface area contributed by atoms with Gasteiger partial charge in [0.1, 0.15) is 6.61 Å². The highest BCUT2D eigenvalue weighted by Crippen LogP contribution is 2.38. The Morgan fingerprint density at radius 3 is 2.23 bits per heavy atom. The minimum atomic E-state index is 0.261. The van der Waals surface area contributed by atoms with Crippen LogP contribution in [0.25, 0.3) is 0 Å². The monoisotopic (exact) mass is 463 g/mol. The lowest BCUT2D eigenvalue weighted by atomic mass is 10.1. The molecule has 0 aromatic heterocycles. The highest BCUT2D eigenvalue weighted by atomic mass is 35.5. The van der Waals surface area contributed by atoms with Crippen LogP contribution in [-0.2, 0) is 19.6 Å². The summed E-state index contributed by atoms with van der Waals surface area (Å²) in [5.41, 5.74) is 4.18. The van der Waals surface area contributed by atoms with E-state index in [4.69, 9.17) is 44.3 Å². The van der Waals surface area contributed by atoms with Gasteiger partial charge in [-0.15, -0.1) is 0 Å². The van der Waals surface area contributed by atoms with Crippen molar-refractivity contribution in [3.63, 3.8) is 0 Å². The minimum Gasteiger partial charge on any atom is -0.490 e. The molecule has 0 saturated carbocycles. The van der Waals surface area contributed by atoms with E-state index >= 15 is 0 Å². The van der Waals surface area contributed by atoms with Crippen molar-refractivity contribution in [2.24, 2.45) is 0 Å². The summed E-state index contributed by atoms with van der Waals surface area (Å²) in [6, 6.07) is 17.5. The van der Waals surface area contributed by atoms with E-state index in [1.165, 1.54) is 5.56 Å². The van der Waals surface area contributed by atoms with Gasteiger partial charge in [0.05, 0.1) is 11.6 Å². The molecule has 0 fully saturated rings.